The Balaban J connectivity index is 1.44. The highest BCUT2D eigenvalue weighted by Crippen LogP contribution is 2.32. The summed E-state index contributed by atoms with van der Waals surface area (Å²) in [6.45, 7) is 8.15. The summed E-state index contributed by atoms with van der Waals surface area (Å²) in [6.07, 6.45) is 8.48. The van der Waals surface area contributed by atoms with Crippen LogP contribution in [0, 0.1) is 23.7 Å². The fourth-order valence-corrected chi connectivity index (χ4v) is 5.74. The molecule has 4 rings (SSSR count). The van der Waals surface area contributed by atoms with Crippen LogP contribution in [-0.2, 0) is 17.9 Å². The van der Waals surface area contributed by atoms with E-state index >= 15 is 0 Å². The first-order valence-corrected chi connectivity index (χ1v) is 14.3. The first-order valence-electron chi connectivity index (χ1n) is 14.3. The van der Waals surface area contributed by atoms with E-state index in [0.29, 0.717) is 18.5 Å². The number of hydrogen-bond donors (Lipinski definition) is 0. The predicted molar refractivity (Wildman–Crippen MR) is 151 cm³/mol. The Morgan fingerprint density at radius 3 is 2.41 bits per heavy atom. The Morgan fingerprint density at radius 2 is 1.73 bits per heavy atom. The molecule has 1 heterocycles. The van der Waals surface area contributed by atoms with E-state index in [9.17, 15) is 4.79 Å². The van der Waals surface area contributed by atoms with Crippen molar-refractivity contribution in [2.75, 3.05) is 20.2 Å². The van der Waals surface area contributed by atoms with Crippen LogP contribution in [0.1, 0.15) is 81.9 Å². The van der Waals surface area contributed by atoms with E-state index in [0.717, 1.165) is 75.4 Å². The molecule has 0 N–H and O–H groups in total. The highest BCUT2D eigenvalue weighted by molar-refractivity contribution is 5.79. The van der Waals surface area contributed by atoms with E-state index in [2.05, 4.69) is 71.9 Å². The molecule has 2 aromatic rings. The lowest BCUT2D eigenvalue weighted by molar-refractivity contribution is -0.141. The SMILES string of the molecule is CCCC#Cc1cccc(CN(C(=O)C2CCC(C)CC2)C2CCN(Cc3ccc(OC)cc3)CC2)c1. The minimum Gasteiger partial charge on any atom is -0.497 e. The Labute approximate surface area is 224 Å². The van der Waals surface area contributed by atoms with E-state index in [4.69, 9.17) is 4.74 Å². The van der Waals surface area contributed by atoms with Crippen molar-refractivity contribution in [1.82, 2.24) is 9.80 Å². The Morgan fingerprint density at radius 1 is 1.00 bits per heavy atom. The minimum absolute atomic E-state index is 0.182. The summed E-state index contributed by atoms with van der Waals surface area (Å²) in [4.78, 5) is 18.7. The van der Waals surface area contributed by atoms with Gasteiger partial charge in [0.05, 0.1) is 7.11 Å². The quantitative estimate of drug-likeness (QED) is 0.380. The number of rotatable bonds is 8. The van der Waals surface area contributed by atoms with Gasteiger partial charge in [0.2, 0.25) is 5.91 Å². The molecule has 1 aliphatic carbocycles. The lowest BCUT2D eigenvalue weighted by Gasteiger charge is -2.41. The fraction of sp³-hybridized carbons (Fsp3) is 0.545. The molecule has 0 atom stereocenters. The summed E-state index contributed by atoms with van der Waals surface area (Å²) < 4.78 is 5.30. The molecule has 2 aromatic carbocycles. The number of benzene rings is 2. The van der Waals surface area contributed by atoms with Crippen LogP contribution in [0.25, 0.3) is 0 Å². The Kier molecular flexibility index (Phi) is 10.1. The topological polar surface area (TPSA) is 32.8 Å². The summed E-state index contributed by atoms with van der Waals surface area (Å²) in [5.74, 6) is 8.77. The highest BCUT2D eigenvalue weighted by Gasteiger charge is 2.33. The molecule has 198 valence electrons. The predicted octanol–water partition coefficient (Wildman–Crippen LogP) is 6.67. The van der Waals surface area contributed by atoms with E-state index in [-0.39, 0.29) is 5.92 Å². The van der Waals surface area contributed by atoms with Gasteiger partial charge in [-0.15, -0.1) is 0 Å². The number of unbranched alkanes of at least 4 members (excludes halogenated alkanes) is 1. The fourth-order valence-electron chi connectivity index (χ4n) is 5.74. The van der Waals surface area contributed by atoms with Crippen LogP contribution in [-0.4, -0.2) is 41.9 Å². The molecule has 0 unspecified atom stereocenters. The van der Waals surface area contributed by atoms with Gasteiger partial charge >= 0.3 is 0 Å². The van der Waals surface area contributed by atoms with E-state index < -0.39 is 0 Å². The third-order valence-electron chi connectivity index (χ3n) is 8.10. The van der Waals surface area contributed by atoms with Crippen molar-refractivity contribution in [2.45, 2.75) is 84.3 Å². The standard InChI is InChI=1S/C33H44N2O2/c1-4-5-6-8-27-9-7-10-29(23-27)25-35(33(36)30-15-11-26(2)12-16-30)31-19-21-34(22-20-31)24-28-13-17-32(37-3)18-14-28/h7,9-10,13-14,17-18,23,26,30-31H,4-5,11-12,15-16,19-22,24-25H2,1-3H3. The monoisotopic (exact) mass is 500 g/mol. The first kappa shape index (κ1) is 27.3. The maximum absolute atomic E-state index is 13.9. The van der Waals surface area contributed by atoms with Crippen LogP contribution in [0.3, 0.4) is 0 Å². The van der Waals surface area contributed by atoms with Crippen LogP contribution >= 0.6 is 0 Å². The van der Waals surface area contributed by atoms with Gasteiger partial charge in [-0.25, -0.2) is 0 Å². The van der Waals surface area contributed by atoms with Gasteiger partial charge in [-0.2, -0.15) is 0 Å². The molecule has 4 heteroatoms. The number of methoxy groups -OCH3 is 1. The maximum Gasteiger partial charge on any atom is 0.226 e. The number of carbonyl (C=O) groups excluding carboxylic acids is 1. The van der Waals surface area contributed by atoms with Crippen LogP contribution in [0.2, 0.25) is 0 Å². The van der Waals surface area contributed by atoms with Crippen LogP contribution in [0.4, 0.5) is 0 Å². The number of hydrogen-bond acceptors (Lipinski definition) is 3. The number of nitrogens with zero attached hydrogens (tertiary/aromatic N) is 2. The van der Waals surface area contributed by atoms with Crippen LogP contribution < -0.4 is 4.74 Å². The lowest BCUT2D eigenvalue weighted by atomic mass is 9.82. The zero-order valence-corrected chi connectivity index (χ0v) is 23.0. The second kappa shape index (κ2) is 13.7. The lowest BCUT2D eigenvalue weighted by Crippen LogP contribution is -2.49. The number of piperidine rings is 1. The maximum atomic E-state index is 13.9. The number of amides is 1. The third kappa shape index (κ3) is 7.86. The normalized spacial score (nSPS) is 20.6. The van der Waals surface area contributed by atoms with Gasteiger partial charge in [-0.3, -0.25) is 9.69 Å². The summed E-state index contributed by atoms with van der Waals surface area (Å²) in [7, 11) is 1.71. The van der Waals surface area contributed by atoms with E-state index in [1.807, 2.05) is 12.1 Å². The second-order valence-electron chi connectivity index (χ2n) is 11.0. The molecule has 0 aromatic heterocycles. The van der Waals surface area contributed by atoms with Crippen molar-refractivity contribution in [1.29, 1.82) is 0 Å². The second-order valence-corrected chi connectivity index (χ2v) is 11.0. The zero-order valence-electron chi connectivity index (χ0n) is 23.0. The highest BCUT2D eigenvalue weighted by atomic mass is 16.5. The van der Waals surface area contributed by atoms with Gasteiger partial charge in [0, 0.05) is 50.1 Å². The van der Waals surface area contributed by atoms with Gasteiger partial charge < -0.3 is 9.64 Å². The number of ether oxygens (including phenoxy) is 1. The van der Waals surface area contributed by atoms with Crippen molar-refractivity contribution in [3.8, 4) is 17.6 Å². The summed E-state index contributed by atoms with van der Waals surface area (Å²) >= 11 is 0. The molecular weight excluding hydrogens is 456 g/mol. The Bertz CT molecular complexity index is 1050. The van der Waals surface area contributed by atoms with Gasteiger partial charge in [0.15, 0.2) is 0 Å². The van der Waals surface area contributed by atoms with E-state index in [1.165, 1.54) is 24.0 Å². The van der Waals surface area contributed by atoms with Crippen molar-refractivity contribution in [3.05, 3.63) is 65.2 Å². The minimum atomic E-state index is 0.182. The van der Waals surface area contributed by atoms with Crippen molar-refractivity contribution >= 4 is 5.91 Å². The molecule has 1 saturated heterocycles. The average Bonchev–Trinajstić information content (AvgIpc) is 2.93. The molecule has 2 aliphatic rings. The first-order chi connectivity index (χ1) is 18.1. The molecule has 2 fully saturated rings. The summed E-state index contributed by atoms with van der Waals surface area (Å²) in [5.41, 5.74) is 3.56. The van der Waals surface area contributed by atoms with E-state index in [1.54, 1.807) is 7.11 Å². The number of likely N-dealkylation sites (tertiary alicyclic amines) is 1. The van der Waals surface area contributed by atoms with Gasteiger partial charge in [-0.05, 0) is 86.3 Å². The third-order valence-corrected chi connectivity index (χ3v) is 8.10. The number of carbonyl (C=O) groups is 1. The van der Waals surface area contributed by atoms with Gasteiger partial charge in [0.1, 0.15) is 5.75 Å². The molecule has 37 heavy (non-hydrogen) atoms. The molecule has 1 saturated carbocycles. The van der Waals surface area contributed by atoms with Crippen molar-refractivity contribution in [3.63, 3.8) is 0 Å². The molecule has 4 nitrogen and oxygen atoms in total. The van der Waals surface area contributed by atoms with Gasteiger partial charge in [0.25, 0.3) is 0 Å². The average molecular weight is 501 g/mol. The van der Waals surface area contributed by atoms with Crippen LogP contribution in [0.15, 0.2) is 48.5 Å². The van der Waals surface area contributed by atoms with Crippen molar-refractivity contribution in [2.24, 2.45) is 11.8 Å². The van der Waals surface area contributed by atoms with Gasteiger partial charge in [-0.1, -0.05) is 50.0 Å². The molecule has 1 amide bonds. The molecule has 0 bridgehead atoms. The molecule has 0 radical (unpaired) electrons. The van der Waals surface area contributed by atoms with Crippen molar-refractivity contribution < 1.29 is 9.53 Å². The zero-order chi connectivity index (χ0) is 26.0. The van der Waals surface area contributed by atoms with Crippen LogP contribution in [0.5, 0.6) is 5.75 Å². The molecule has 0 spiro atoms. The summed E-state index contributed by atoms with van der Waals surface area (Å²) in [6, 6.07) is 17.2. The summed E-state index contributed by atoms with van der Waals surface area (Å²) in [5, 5.41) is 0. The molecular formula is C33H44N2O2. The molecule has 1 aliphatic heterocycles. The largest absolute Gasteiger partial charge is 0.497 e. The Hall–Kier alpha value is -2.77. The smallest absolute Gasteiger partial charge is 0.226 e.